The summed E-state index contributed by atoms with van der Waals surface area (Å²) in [6.45, 7) is 7.66. The molecule has 2 aromatic carbocycles. The van der Waals surface area contributed by atoms with Gasteiger partial charge in [0.1, 0.15) is 11.8 Å². The molecule has 2 amide bonds. The number of carbonyl (C=O) groups excluding carboxylic acids is 2. The Morgan fingerprint density at radius 1 is 1.13 bits per heavy atom. The fraction of sp³-hybridized carbons (Fsp3) is 0.391. The molecule has 0 spiro atoms. The predicted molar refractivity (Wildman–Crippen MR) is 124 cm³/mol. The Morgan fingerprint density at radius 2 is 1.77 bits per heavy atom. The molecule has 2 rings (SSSR count). The Labute approximate surface area is 191 Å². The maximum absolute atomic E-state index is 13.1. The zero-order chi connectivity index (χ0) is 22.3. The van der Waals surface area contributed by atoms with Crippen LogP contribution in [-0.4, -0.2) is 34.9 Å². The molecule has 1 N–H and O–H groups in total. The molecule has 0 aromatic heterocycles. The molecular weight excluding hydrogens is 468 g/mol. The lowest BCUT2D eigenvalue weighted by molar-refractivity contribution is -0.143. The van der Waals surface area contributed by atoms with Gasteiger partial charge >= 0.3 is 0 Å². The Balaban J connectivity index is 2.24. The van der Waals surface area contributed by atoms with Gasteiger partial charge < -0.3 is 15.0 Å². The average molecular weight is 496 g/mol. The van der Waals surface area contributed by atoms with Crippen molar-refractivity contribution < 1.29 is 14.3 Å². The van der Waals surface area contributed by atoms with Crippen LogP contribution in [0.15, 0.2) is 53.0 Å². The van der Waals surface area contributed by atoms with Gasteiger partial charge in [0.15, 0.2) is 6.61 Å². The number of amides is 2. The molecule has 1 atom stereocenters. The summed E-state index contributed by atoms with van der Waals surface area (Å²) in [6, 6.07) is 13.9. The molecule has 7 heteroatoms. The average Bonchev–Trinajstić information content (AvgIpc) is 2.67. The van der Waals surface area contributed by atoms with Crippen LogP contribution in [0.5, 0.6) is 5.75 Å². The zero-order valence-electron chi connectivity index (χ0n) is 17.7. The summed E-state index contributed by atoms with van der Waals surface area (Å²) in [4.78, 5) is 27.6. The van der Waals surface area contributed by atoms with Crippen molar-refractivity contribution in [3.63, 3.8) is 0 Å². The lowest BCUT2D eigenvalue weighted by Gasteiger charge is -2.33. The summed E-state index contributed by atoms with van der Waals surface area (Å²) in [7, 11) is 0. The predicted octanol–water partition coefficient (Wildman–Crippen LogP) is 5.20. The van der Waals surface area contributed by atoms with E-state index < -0.39 is 11.6 Å². The number of hydrogen-bond donors (Lipinski definition) is 1. The Kier molecular flexibility index (Phi) is 8.74. The topological polar surface area (TPSA) is 58.6 Å². The van der Waals surface area contributed by atoms with E-state index in [2.05, 4.69) is 21.2 Å². The summed E-state index contributed by atoms with van der Waals surface area (Å²) in [5.74, 6) is 0.0965. The first-order valence-electron chi connectivity index (χ1n) is 9.84. The molecule has 2 aromatic rings. The van der Waals surface area contributed by atoms with Crippen LogP contribution in [0, 0.1) is 0 Å². The minimum atomic E-state index is -0.637. The number of nitrogens with zero attached hydrogens (tertiary/aromatic N) is 1. The molecular formula is C23H28BrClN2O3. The highest BCUT2D eigenvalue weighted by atomic mass is 79.9. The molecule has 162 valence electrons. The summed E-state index contributed by atoms with van der Waals surface area (Å²) in [5, 5.41) is 3.53. The van der Waals surface area contributed by atoms with Crippen LogP contribution >= 0.6 is 27.5 Å². The van der Waals surface area contributed by atoms with Gasteiger partial charge in [-0.05, 0) is 63.1 Å². The van der Waals surface area contributed by atoms with Gasteiger partial charge in [-0.3, -0.25) is 9.59 Å². The maximum atomic E-state index is 13.1. The number of hydrogen-bond acceptors (Lipinski definition) is 3. The SMILES string of the molecule is CC[C@@H](C(=O)NC(C)(C)C)N(Cc1ccccc1Cl)C(=O)COc1ccc(Br)cc1. The first-order chi connectivity index (χ1) is 14.1. The molecule has 0 saturated carbocycles. The third-order valence-electron chi connectivity index (χ3n) is 4.36. The van der Waals surface area contributed by atoms with E-state index in [0.717, 1.165) is 10.0 Å². The van der Waals surface area contributed by atoms with Crippen LogP contribution in [0.25, 0.3) is 0 Å². The summed E-state index contributed by atoms with van der Waals surface area (Å²) in [5.41, 5.74) is 0.371. The van der Waals surface area contributed by atoms with E-state index in [-0.39, 0.29) is 25.0 Å². The Bertz CT molecular complexity index is 865. The quantitative estimate of drug-likeness (QED) is 0.547. The number of nitrogens with one attached hydrogen (secondary N) is 1. The molecule has 0 unspecified atom stereocenters. The van der Waals surface area contributed by atoms with Gasteiger partial charge in [0, 0.05) is 21.6 Å². The van der Waals surface area contributed by atoms with Gasteiger partial charge in [-0.1, -0.05) is 52.7 Å². The lowest BCUT2D eigenvalue weighted by Crippen LogP contribution is -2.54. The molecule has 0 fully saturated rings. The van der Waals surface area contributed by atoms with Crippen molar-refractivity contribution in [2.45, 2.75) is 52.2 Å². The van der Waals surface area contributed by atoms with Crippen molar-refractivity contribution in [2.75, 3.05) is 6.61 Å². The number of ether oxygens (including phenoxy) is 1. The van der Waals surface area contributed by atoms with E-state index in [1.54, 1.807) is 23.1 Å². The van der Waals surface area contributed by atoms with E-state index in [9.17, 15) is 9.59 Å². The smallest absolute Gasteiger partial charge is 0.261 e. The van der Waals surface area contributed by atoms with Gasteiger partial charge in [-0.15, -0.1) is 0 Å². The number of carbonyl (C=O) groups is 2. The molecule has 5 nitrogen and oxygen atoms in total. The van der Waals surface area contributed by atoms with E-state index in [1.165, 1.54) is 0 Å². The fourth-order valence-electron chi connectivity index (χ4n) is 2.94. The highest BCUT2D eigenvalue weighted by Gasteiger charge is 2.31. The third kappa shape index (κ3) is 7.33. The van der Waals surface area contributed by atoms with Crippen LogP contribution in [0.4, 0.5) is 0 Å². The van der Waals surface area contributed by atoms with Crippen LogP contribution in [0.3, 0.4) is 0 Å². The first kappa shape index (κ1) is 24.2. The standard InChI is InChI=1S/C23H28BrClN2O3/c1-5-20(22(29)26-23(2,3)4)27(14-16-8-6-7-9-19(16)25)21(28)15-30-18-12-10-17(24)11-13-18/h6-13,20H,5,14-15H2,1-4H3,(H,26,29)/t20-/m0/s1. The highest BCUT2D eigenvalue weighted by Crippen LogP contribution is 2.21. The fourth-order valence-corrected chi connectivity index (χ4v) is 3.40. The zero-order valence-corrected chi connectivity index (χ0v) is 20.1. The van der Waals surface area contributed by atoms with Gasteiger partial charge in [0.05, 0.1) is 0 Å². The van der Waals surface area contributed by atoms with Crippen LogP contribution in [-0.2, 0) is 16.1 Å². The Hall–Kier alpha value is -2.05. The second-order valence-corrected chi connectivity index (χ2v) is 9.34. The van der Waals surface area contributed by atoms with Crippen LogP contribution in [0.1, 0.15) is 39.7 Å². The second kappa shape index (κ2) is 10.8. The molecule has 0 aliphatic rings. The number of rotatable bonds is 8. The van der Waals surface area contributed by atoms with Crippen molar-refractivity contribution in [2.24, 2.45) is 0 Å². The van der Waals surface area contributed by atoms with Crippen LogP contribution in [0.2, 0.25) is 5.02 Å². The largest absolute Gasteiger partial charge is 0.484 e. The van der Waals surface area contributed by atoms with E-state index in [0.29, 0.717) is 17.2 Å². The number of halogens is 2. The van der Waals surface area contributed by atoms with Crippen molar-refractivity contribution >= 4 is 39.3 Å². The second-order valence-electron chi connectivity index (χ2n) is 8.02. The van der Waals surface area contributed by atoms with Crippen molar-refractivity contribution in [1.29, 1.82) is 0 Å². The van der Waals surface area contributed by atoms with Gasteiger partial charge in [0.2, 0.25) is 5.91 Å². The maximum Gasteiger partial charge on any atom is 0.261 e. The van der Waals surface area contributed by atoms with Crippen molar-refractivity contribution in [3.05, 3.63) is 63.6 Å². The normalized spacial score (nSPS) is 12.2. The molecule has 0 aliphatic carbocycles. The van der Waals surface area contributed by atoms with Crippen LogP contribution < -0.4 is 10.1 Å². The minimum Gasteiger partial charge on any atom is -0.484 e. The van der Waals surface area contributed by atoms with Gasteiger partial charge in [-0.2, -0.15) is 0 Å². The highest BCUT2D eigenvalue weighted by molar-refractivity contribution is 9.10. The minimum absolute atomic E-state index is 0.175. The summed E-state index contributed by atoms with van der Waals surface area (Å²) < 4.78 is 6.59. The monoisotopic (exact) mass is 494 g/mol. The molecule has 0 heterocycles. The van der Waals surface area contributed by atoms with Crippen molar-refractivity contribution in [3.8, 4) is 5.75 Å². The molecule has 0 radical (unpaired) electrons. The lowest BCUT2D eigenvalue weighted by atomic mass is 10.1. The third-order valence-corrected chi connectivity index (χ3v) is 5.26. The van der Waals surface area contributed by atoms with E-state index in [4.69, 9.17) is 16.3 Å². The van der Waals surface area contributed by atoms with Gasteiger partial charge in [-0.25, -0.2) is 0 Å². The van der Waals surface area contributed by atoms with E-state index >= 15 is 0 Å². The number of benzene rings is 2. The molecule has 0 bridgehead atoms. The first-order valence-corrected chi connectivity index (χ1v) is 11.0. The summed E-state index contributed by atoms with van der Waals surface area (Å²) >= 11 is 9.69. The van der Waals surface area contributed by atoms with Gasteiger partial charge in [0.25, 0.3) is 5.91 Å². The van der Waals surface area contributed by atoms with Crippen molar-refractivity contribution in [1.82, 2.24) is 10.2 Å². The molecule has 0 aliphatic heterocycles. The molecule has 30 heavy (non-hydrogen) atoms. The van der Waals surface area contributed by atoms with E-state index in [1.807, 2.05) is 58.0 Å². The Morgan fingerprint density at radius 3 is 2.33 bits per heavy atom. The summed E-state index contributed by atoms with van der Waals surface area (Å²) in [6.07, 6.45) is 0.469. The molecule has 0 saturated heterocycles.